The Morgan fingerprint density at radius 1 is 0.889 bits per heavy atom. The molecule has 0 spiro atoms. The van der Waals surface area contributed by atoms with E-state index in [1.54, 1.807) is 11.0 Å². The summed E-state index contributed by atoms with van der Waals surface area (Å²) in [7, 11) is 0. The van der Waals surface area contributed by atoms with Gasteiger partial charge in [-0.2, -0.15) is 0 Å². The van der Waals surface area contributed by atoms with Gasteiger partial charge in [0.1, 0.15) is 5.75 Å². The minimum absolute atomic E-state index is 0.402. The molecule has 0 saturated carbocycles. The summed E-state index contributed by atoms with van der Waals surface area (Å²) in [5, 5.41) is 2.26. The van der Waals surface area contributed by atoms with E-state index in [1.165, 1.54) is 0 Å². The van der Waals surface area contributed by atoms with Gasteiger partial charge in [0.2, 0.25) is 0 Å². The molecule has 27 heavy (non-hydrogen) atoms. The number of amides is 1. The summed E-state index contributed by atoms with van der Waals surface area (Å²) < 4.78 is 5.95. The molecule has 0 N–H and O–H groups in total. The zero-order chi connectivity index (χ0) is 18.8. The van der Waals surface area contributed by atoms with Crippen LogP contribution < -0.4 is 9.64 Å². The summed E-state index contributed by atoms with van der Waals surface area (Å²) in [6.45, 7) is 3.03. The fourth-order valence-corrected chi connectivity index (χ4v) is 3.63. The van der Waals surface area contributed by atoms with Crippen LogP contribution in [0.25, 0.3) is 10.8 Å². The number of nitrogens with zero attached hydrogens (tertiary/aromatic N) is 1. The van der Waals surface area contributed by atoms with E-state index in [1.807, 2.05) is 43.3 Å². The highest BCUT2D eigenvalue weighted by molar-refractivity contribution is 6.52. The number of carbonyl (C=O) groups is 2. The average molecular weight is 359 g/mol. The number of benzene rings is 3. The topological polar surface area (TPSA) is 46.6 Å². The molecule has 0 aromatic heterocycles. The molecule has 3 aromatic rings. The van der Waals surface area contributed by atoms with Gasteiger partial charge in [-0.3, -0.25) is 9.59 Å². The fraction of sp³-hybridized carbons (Fsp3) is 0.217. The third kappa shape index (κ3) is 3.19. The lowest BCUT2D eigenvalue weighted by molar-refractivity contribution is -0.114. The first-order valence-corrected chi connectivity index (χ1v) is 9.23. The van der Waals surface area contributed by atoms with Crippen molar-refractivity contribution in [2.75, 3.05) is 18.1 Å². The number of anilines is 1. The van der Waals surface area contributed by atoms with Gasteiger partial charge in [0.15, 0.2) is 0 Å². The van der Waals surface area contributed by atoms with E-state index in [-0.39, 0.29) is 0 Å². The van der Waals surface area contributed by atoms with Crippen LogP contribution in [0.1, 0.15) is 28.8 Å². The van der Waals surface area contributed by atoms with Crippen molar-refractivity contribution in [3.63, 3.8) is 0 Å². The number of ether oxygens (including phenoxy) is 1. The van der Waals surface area contributed by atoms with Gasteiger partial charge < -0.3 is 9.64 Å². The molecule has 4 heteroatoms. The number of carbonyl (C=O) groups excluding carboxylic acids is 2. The maximum Gasteiger partial charge on any atom is 0.299 e. The number of ketones is 1. The number of hydrogen-bond acceptors (Lipinski definition) is 3. The van der Waals surface area contributed by atoms with E-state index in [9.17, 15) is 9.59 Å². The molecule has 0 atom stereocenters. The molecule has 1 amide bonds. The Balaban J connectivity index is 1.36. The molecule has 0 saturated heterocycles. The Morgan fingerprint density at radius 2 is 1.67 bits per heavy atom. The third-order valence-corrected chi connectivity index (χ3v) is 4.97. The summed E-state index contributed by atoms with van der Waals surface area (Å²) in [6, 6.07) is 19.7. The van der Waals surface area contributed by atoms with E-state index in [4.69, 9.17) is 4.74 Å². The van der Waals surface area contributed by atoms with Gasteiger partial charge >= 0.3 is 0 Å². The fourth-order valence-electron chi connectivity index (χ4n) is 3.63. The van der Waals surface area contributed by atoms with Crippen LogP contribution in [0.15, 0.2) is 60.7 Å². The molecule has 1 heterocycles. The normalized spacial score (nSPS) is 13.3. The molecule has 3 aromatic carbocycles. The van der Waals surface area contributed by atoms with E-state index in [0.717, 1.165) is 40.6 Å². The zero-order valence-corrected chi connectivity index (χ0v) is 15.3. The van der Waals surface area contributed by atoms with Crippen molar-refractivity contribution < 1.29 is 14.3 Å². The van der Waals surface area contributed by atoms with Crippen molar-refractivity contribution in [3.05, 3.63) is 71.8 Å². The maximum atomic E-state index is 12.3. The molecular formula is C23H21NO3. The molecule has 0 fully saturated rings. The largest absolute Gasteiger partial charge is 0.493 e. The SMILES string of the molecule is Cc1cccc2c1N(CCCCOc1cccc3ccccc13)C(=O)C2=O. The van der Waals surface area contributed by atoms with E-state index in [2.05, 4.69) is 18.2 Å². The lowest BCUT2D eigenvalue weighted by Gasteiger charge is -2.18. The van der Waals surface area contributed by atoms with Crippen LogP contribution in [0.2, 0.25) is 0 Å². The van der Waals surface area contributed by atoms with Gasteiger partial charge in [-0.15, -0.1) is 0 Å². The summed E-state index contributed by atoms with van der Waals surface area (Å²) in [5.74, 6) is 0.0525. The third-order valence-electron chi connectivity index (χ3n) is 4.97. The number of rotatable bonds is 6. The van der Waals surface area contributed by atoms with Gasteiger partial charge in [0, 0.05) is 11.9 Å². The lowest BCUT2D eigenvalue weighted by Crippen LogP contribution is -2.31. The Bertz CT molecular complexity index is 1020. The Morgan fingerprint density at radius 3 is 2.56 bits per heavy atom. The van der Waals surface area contributed by atoms with E-state index >= 15 is 0 Å². The minimum Gasteiger partial charge on any atom is -0.493 e. The predicted octanol–water partition coefficient (Wildman–Crippen LogP) is 4.54. The number of Topliss-reactive ketones (excluding diaryl/α,β-unsaturated/α-hetero) is 1. The molecule has 136 valence electrons. The molecule has 1 aliphatic heterocycles. The quantitative estimate of drug-likeness (QED) is 0.480. The average Bonchev–Trinajstić information content (AvgIpc) is 2.94. The Hall–Kier alpha value is -3.14. The Kier molecular flexibility index (Phi) is 4.63. The van der Waals surface area contributed by atoms with Crippen molar-refractivity contribution in [1.82, 2.24) is 0 Å². The Labute approximate surface area is 158 Å². The van der Waals surface area contributed by atoms with Crippen molar-refractivity contribution in [2.24, 2.45) is 0 Å². The molecule has 0 unspecified atom stereocenters. The number of unbranched alkanes of at least 4 members (excludes halogenated alkanes) is 1. The summed E-state index contributed by atoms with van der Waals surface area (Å²) in [6.07, 6.45) is 1.58. The van der Waals surface area contributed by atoms with Crippen LogP contribution in [0.4, 0.5) is 5.69 Å². The van der Waals surface area contributed by atoms with Crippen molar-refractivity contribution in [2.45, 2.75) is 19.8 Å². The highest BCUT2D eigenvalue weighted by atomic mass is 16.5. The van der Waals surface area contributed by atoms with Gasteiger partial charge in [0.05, 0.1) is 17.9 Å². The first-order valence-electron chi connectivity index (χ1n) is 9.23. The van der Waals surface area contributed by atoms with E-state index in [0.29, 0.717) is 18.7 Å². The van der Waals surface area contributed by atoms with Crippen LogP contribution >= 0.6 is 0 Å². The van der Waals surface area contributed by atoms with Crippen LogP contribution in [0, 0.1) is 6.92 Å². The number of para-hydroxylation sites is 1. The second-order valence-electron chi connectivity index (χ2n) is 6.79. The standard InChI is InChI=1S/C23H21NO3/c1-16-8-6-12-19-21(16)24(23(26)22(19)25)14-4-5-15-27-20-13-7-10-17-9-2-3-11-18(17)20/h2-3,6-13H,4-5,14-15H2,1H3. The van der Waals surface area contributed by atoms with Crippen LogP contribution in [0.3, 0.4) is 0 Å². The lowest BCUT2D eigenvalue weighted by atomic mass is 10.1. The molecule has 4 nitrogen and oxygen atoms in total. The highest BCUT2D eigenvalue weighted by Crippen LogP contribution is 2.32. The maximum absolute atomic E-state index is 12.3. The van der Waals surface area contributed by atoms with E-state index < -0.39 is 11.7 Å². The zero-order valence-electron chi connectivity index (χ0n) is 15.3. The molecule has 0 radical (unpaired) electrons. The molecule has 0 aliphatic carbocycles. The van der Waals surface area contributed by atoms with Gasteiger partial charge in [-0.05, 0) is 42.8 Å². The smallest absolute Gasteiger partial charge is 0.299 e. The van der Waals surface area contributed by atoms with Crippen LogP contribution in [-0.4, -0.2) is 24.8 Å². The van der Waals surface area contributed by atoms with Crippen LogP contribution in [-0.2, 0) is 4.79 Å². The molecule has 4 rings (SSSR count). The first-order chi connectivity index (χ1) is 13.2. The minimum atomic E-state index is -0.422. The second kappa shape index (κ2) is 7.23. The van der Waals surface area contributed by atoms with Gasteiger partial charge in [-0.25, -0.2) is 0 Å². The summed E-state index contributed by atoms with van der Waals surface area (Å²) >= 11 is 0. The van der Waals surface area contributed by atoms with Crippen molar-refractivity contribution in [3.8, 4) is 5.75 Å². The predicted molar refractivity (Wildman–Crippen MR) is 107 cm³/mol. The van der Waals surface area contributed by atoms with Gasteiger partial charge in [0.25, 0.3) is 11.7 Å². The van der Waals surface area contributed by atoms with Gasteiger partial charge in [-0.1, -0.05) is 48.5 Å². The van der Waals surface area contributed by atoms with Crippen LogP contribution in [0.5, 0.6) is 5.75 Å². The number of hydrogen-bond donors (Lipinski definition) is 0. The van der Waals surface area contributed by atoms with Crippen molar-refractivity contribution in [1.29, 1.82) is 0 Å². The monoisotopic (exact) mass is 359 g/mol. The van der Waals surface area contributed by atoms with Crippen molar-refractivity contribution >= 4 is 28.2 Å². The molecule has 1 aliphatic rings. The highest BCUT2D eigenvalue weighted by Gasteiger charge is 2.36. The summed E-state index contributed by atoms with van der Waals surface area (Å²) in [5.41, 5.74) is 2.24. The molecular weight excluding hydrogens is 338 g/mol. The second-order valence-corrected chi connectivity index (χ2v) is 6.79. The molecule has 0 bridgehead atoms. The first kappa shape index (κ1) is 17.3. The number of fused-ring (bicyclic) bond motifs is 2. The summed E-state index contributed by atoms with van der Waals surface area (Å²) in [4.78, 5) is 26.0. The number of aryl methyl sites for hydroxylation is 1.